The molecule has 0 unspecified atom stereocenters. The Balaban J connectivity index is 1.59. The summed E-state index contributed by atoms with van der Waals surface area (Å²) in [4.78, 5) is 25.5. The minimum absolute atomic E-state index is 0.0231. The zero-order valence-electron chi connectivity index (χ0n) is 17.1. The molecule has 6 nitrogen and oxygen atoms in total. The number of pyridine rings is 1. The van der Waals surface area contributed by atoms with Gasteiger partial charge in [0.2, 0.25) is 0 Å². The molecule has 0 saturated heterocycles. The molecule has 0 radical (unpaired) electrons. The fourth-order valence-electron chi connectivity index (χ4n) is 3.54. The number of hydrogen-bond donors (Lipinski definition) is 1. The summed E-state index contributed by atoms with van der Waals surface area (Å²) in [5.74, 6) is 0.412. The third kappa shape index (κ3) is 4.47. The van der Waals surface area contributed by atoms with Gasteiger partial charge in [-0.2, -0.15) is 5.10 Å². The van der Waals surface area contributed by atoms with Gasteiger partial charge in [0.25, 0.3) is 5.91 Å². The van der Waals surface area contributed by atoms with Crippen molar-refractivity contribution in [2.75, 3.05) is 6.61 Å². The van der Waals surface area contributed by atoms with E-state index in [0.29, 0.717) is 34.2 Å². The first-order chi connectivity index (χ1) is 15.5. The third-order valence-electron chi connectivity index (χ3n) is 4.89. The first kappa shape index (κ1) is 22.2. The van der Waals surface area contributed by atoms with E-state index in [1.54, 1.807) is 18.3 Å². The van der Waals surface area contributed by atoms with E-state index in [4.69, 9.17) is 4.74 Å². The molecule has 0 saturated carbocycles. The Hall–Kier alpha value is -2.97. The number of fused-ring (bicyclic) bond motifs is 2. The molecule has 0 spiro atoms. The number of carbonyl (C=O) groups is 1. The lowest BCUT2D eigenvalue weighted by atomic mass is 10.1. The zero-order valence-corrected chi connectivity index (χ0v) is 20.3. The quantitative estimate of drug-likeness (QED) is 0.201. The Morgan fingerprint density at radius 1 is 1.03 bits per heavy atom. The molecule has 0 atom stereocenters. The number of nitrogens with zero attached hydrogens (tertiary/aromatic N) is 2. The van der Waals surface area contributed by atoms with Crippen LogP contribution in [0.4, 0.5) is 0 Å². The SMILES string of the molecule is CCOc1c(Br)cc(/C=N\NC(=O)Cn2c3ccccc3c(=O)c3ccccc32)cc1Br. The lowest BCUT2D eigenvalue weighted by Gasteiger charge is -2.14. The Morgan fingerprint density at radius 2 is 1.59 bits per heavy atom. The average Bonchev–Trinajstić information content (AvgIpc) is 2.79. The molecule has 0 fully saturated rings. The number of hydrogen-bond acceptors (Lipinski definition) is 4. The largest absolute Gasteiger partial charge is 0.492 e. The summed E-state index contributed by atoms with van der Waals surface area (Å²) in [6.07, 6.45) is 1.56. The third-order valence-corrected chi connectivity index (χ3v) is 6.07. The van der Waals surface area contributed by atoms with Gasteiger partial charge in [-0.25, -0.2) is 5.43 Å². The number of benzene rings is 3. The van der Waals surface area contributed by atoms with Crippen molar-refractivity contribution >= 4 is 65.8 Å². The van der Waals surface area contributed by atoms with Gasteiger partial charge in [0.05, 0.1) is 32.8 Å². The molecule has 4 aromatic rings. The van der Waals surface area contributed by atoms with Crippen molar-refractivity contribution in [3.05, 3.63) is 85.4 Å². The van der Waals surface area contributed by atoms with Crippen LogP contribution in [0, 0.1) is 0 Å². The summed E-state index contributed by atoms with van der Waals surface area (Å²) in [5, 5.41) is 5.24. The van der Waals surface area contributed by atoms with Crippen molar-refractivity contribution in [1.82, 2.24) is 9.99 Å². The summed E-state index contributed by atoms with van der Waals surface area (Å²) in [6.45, 7) is 2.49. The van der Waals surface area contributed by atoms with Crippen LogP contribution in [-0.2, 0) is 11.3 Å². The predicted molar refractivity (Wildman–Crippen MR) is 134 cm³/mol. The van der Waals surface area contributed by atoms with E-state index in [9.17, 15) is 9.59 Å². The second kappa shape index (κ2) is 9.67. The standard InChI is InChI=1S/C24H19Br2N3O3/c1-2-32-24-18(25)11-15(12-19(24)26)13-27-28-22(30)14-29-20-9-5-3-7-16(20)23(31)17-8-4-6-10-21(17)29/h3-13H,2,14H2,1H3,(H,28,30)/b27-13-. The number of hydrazone groups is 1. The van der Waals surface area contributed by atoms with E-state index in [-0.39, 0.29) is 17.9 Å². The van der Waals surface area contributed by atoms with Crippen LogP contribution in [0.25, 0.3) is 21.8 Å². The molecular weight excluding hydrogens is 538 g/mol. The molecule has 1 N–H and O–H groups in total. The van der Waals surface area contributed by atoms with Gasteiger partial charge in [0, 0.05) is 10.8 Å². The van der Waals surface area contributed by atoms with Crippen LogP contribution in [0.3, 0.4) is 0 Å². The number of halogens is 2. The number of amides is 1. The average molecular weight is 557 g/mol. The number of nitrogens with one attached hydrogen (secondary N) is 1. The van der Waals surface area contributed by atoms with Gasteiger partial charge >= 0.3 is 0 Å². The van der Waals surface area contributed by atoms with E-state index in [2.05, 4.69) is 42.4 Å². The molecule has 1 heterocycles. The highest BCUT2D eigenvalue weighted by molar-refractivity contribution is 9.11. The van der Waals surface area contributed by atoms with E-state index < -0.39 is 0 Å². The number of ether oxygens (including phenoxy) is 1. The van der Waals surface area contributed by atoms with Crippen LogP contribution in [-0.4, -0.2) is 23.3 Å². The molecule has 1 amide bonds. The highest BCUT2D eigenvalue weighted by Crippen LogP contribution is 2.34. The van der Waals surface area contributed by atoms with Gasteiger partial charge < -0.3 is 9.30 Å². The first-order valence-corrected chi connectivity index (χ1v) is 11.5. The van der Waals surface area contributed by atoms with Crippen molar-refractivity contribution in [2.24, 2.45) is 5.10 Å². The topological polar surface area (TPSA) is 72.7 Å². The Morgan fingerprint density at radius 3 is 2.16 bits per heavy atom. The van der Waals surface area contributed by atoms with Crippen molar-refractivity contribution in [3.63, 3.8) is 0 Å². The van der Waals surface area contributed by atoms with Crippen LogP contribution in [0.15, 0.2) is 79.5 Å². The second-order valence-electron chi connectivity index (χ2n) is 6.99. The van der Waals surface area contributed by atoms with E-state index in [1.165, 1.54) is 0 Å². The minimum atomic E-state index is -0.302. The van der Waals surface area contributed by atoms with Gasteiger partial charge in [0.1, 0.15) is 12.3 Å². The van der Waals surface area contributed by atoms with Crippen molar-refractivity contribution in [2.45, 2.75) is 13.5 Å². The lowest BCUT2D eigenvalue weighted by Crippen LogP contribution is -2.25. The predicted octanol–water partition coefficient (Wildman–Crippen LogP) is 5.23. The summed E-state index contributed by atoms with van der Waals surface area (Å²) in [5.41, 5.74) is 4.72. The normalized spacial score (nSPS) is 11.3. The molecule has 8 heteroatoms. The van der Waals surface area contributed by atoms with Crippen LogP contribution >= 0.6 is 31.9 Å². The van der Waals surface area contributed by atoms with E-state index in [0.717, 1.165) is 14.5 Å². The maximum atomic E-state index is 12.8. The fourth-order valence-corrected chi connectivity index (χ4v) is 4.99. The second-order valence-corrected chi connectivity index (χ2v) is 8.70. The monoisotopic (exact) mass is 555 g/mol. The van der Waals surface area contributed by atoms with Crippen molar-refractivity contribution < 1.29 is 9.53 Å². The smallest absolute Gasteiger partial charge is 0.260 e. The van der Waals surface area contributed by atoms with Crippen LogP contribution in [0.1, 0.15) is 12.5 Å². The van der Waals surface area contributed by atoms with Crippen LogP contribution in [0.2, 0.25) is 0 Å². The molecule has 4 rings (SSSR count). The van der Waals surface area contributed by atoms with Gasteiger partial charge in [-0.15, -0.1) is 0 Å². The summed E-state index contributed by atoms with van der Waals surface area (Å²) < 4.78 is 8.98. The number of rotatable bonds is 6. The lowest BCUT2D eigenvalue weighted by molar-refractivity contribution is -0.121. The molecule has 0 aliphatic carbocycles. The van der Waals surface area contributed by atoms with Crippen molar-refractivity contribution in [1.29, 1.82) is 0 Å². The Bertz CT molecular complexity index is 1330. The summed E-state index contributed by atoms with van der Waals surface area (Å²) >= 11 is 6.97. The maximum absolute atomic E-state index is 12.8. The van der Waals surface area contributed by atoms with Crippen LogP contribution < -0.4 is 15.6 Å². The Labute approximate surface area is 201 Å². The summed E-state index contributed by atoms with van der Waals surface area (Å²) in [7, 11) is 0. The minimum Gasteiger partial charge on any atom is -0.492 e. The fraction of sp³-hybridized carbons (Fsp3) is 0.125. The molecule has 1 aromatic heterocycles. The molecule has 0 aliphatic rings. The number of para-hydroxylation sites is 2. The molecule has 3 aromatic carbocycles. The highest BCUT2D eigenvalue weighted by Gasteiger charge is 2.12. The molecule has 0 aliphatic heterocycles. The number of aromatic nitrogens is 1. The van der Waals surface area contributed by atoms with Gasteiger partial charge in [-0.1, -0.05) is 24.3 Å². The maximum Gasteiger partial charge on any atom is 0.260 e. The first-order valence-electron chi connectivity index (χ1n) is 9.93. The molecule has 0 bridgehead atoms. The van der Waals surface area contributed by atoms with E-state index in [1.807, 2.05) is 60.0 Å². The Kier molecular flexibility index (Phi) is 6.72. The van der Waals surface area contributed by atoms with Gasteiger partial charge in [0.15, 0.2) is 5.43 Å². The highest BCUT2D eigenvalue weighted by atomic mass is 79.9. The van der Waals surface area contributed by atoms with E-state index >= 15 is 0 Å². The molecular formula is C24H19Br2N3O3. The summed E-state index contributed by atoms with van der Waals surface area (Å²) in [6, 6.07) is 18.3. The van der Waals surface area contributed by atoms with Gasteiger partial charge in [-0.3, -0.25) is 9.59 Å². The molecule has 162 valence electrons. The molecule has 32 heavy (non-hydrogen) atoms. The van der Waals surface area contributed by atoms with Gasteiger partial charge in [-0.05, 0) is 80.7 Å². The van der Waals surface area contributed by atoms with Crippen molar-refractivity contribution in [3.8, 4) is 5.75 Å². The zero-order chi connectivity index (χ0) is 22.7. The van der Waals surface area contributed by atoms with Crippen LogP contribution in [0.5, 0.6) is 5.75 Å². The number of carbonyl (C=O) groups excluding carboxylic acids is 1.